The van der Waals surface area contributed by atoms with Crippen molar-refractivity contribution < 1.29 is 14.3 Å². The zero-order valence-corrected chi connectivity index (χ0v) is 11.9. The van der Waals surface area contributed by atoms with Crippen LogP contribution in [0.2, 0.25) is 0 Å². The van der Waals surface area contributed by atoms with Gasteiger partial charge >= 0.3 is 0 Å². The Hall–Kier alpha value is -1.88. The average molecular weight is 276 g/mol. The molecule has 5 heteroatoms. The Kier molecular flexibility index (Phi) is 4.74. The Morgan fingerprint density at radius 1 is 1.35 bits per heavy atom. The van der Waals surface area contributed by atoms with E-state index in [1.807, 2.05) is 29.2 Å². The van der Waals surface area contributed by atoms with Gasteiger partial charge in [-0.25, -0.2) is 0 Å². The van der Waals surface area contributed by atoms with Crippen LogP contribution in [-0.2, 0) is 20.7 Å². The maximum Gasteiger partial charge on any atom is 0.227 e. The van der Waals surface area contributed by atoms with Crippen molar-refractivity contribution in [2.24, 2.45) is 0 Å². The molecule has 0 aromatic heterocycles. The first-order chi connectivity index (χ1) is 9.58. The van der Waals surface area contributed by atoms with E-state index in [-0.39, 0.29) is 17.9 Å². The van der Waals surface area contributed by atoms with E-state index in [1.54, 1.807) is 7.11 Å². The molecule has 1 unspecified atom stereocenters. The van der Waals surface area contributed by atoms with Gasteiger partial charge in [-0.05, 0) is 24.1 Å². The van der Waals surface area contributed by atoms with E-state index in [0.717, 1.165) is 24.2 Å². The number of nitrogens with zero attached hydrogens (tertiary/aromatic N) is 1. The van der Waals surface area contributed by atoms with Gasteiger partial charge in [0.2, 0.25) is 11.8 Å². The second-order valence-electron chi connectivity index (χ2n) is 5.04. The van der Waals surface area contributed by atoms with Gasteiger partial charge in [0, 0.05) is 32.8 Å². The van der Waals surface area contributed by atoms with Crippen molar-refractivity contribution in [3.63, 3.8) is 0 Å². The Labute approximate surface area is 118 Å². The van der Waals surface area contributed by atoms with Crippen LogP contribution < -0.4 is 5.32 Å². The predicted octanol–water partition coefficient (Wildman–Crippen LogP) is 1.43. The molecule has 1 saturated heterocycles. The van der Waals surface area contributed by atoms with Crippen LogP contribution in [0.3, 0.4) is 0 Å². The van der Waals surface area contributed by atoms with Gasteiger partial charge in [-0.3, -0.25) is 9.59 Å². The van der Waals surface area contributed by atoms with E-state index in [1.165, 1.54) is 6.92 Å². The summed E-state index contributed by atoms with van der Waals surface area (Å²) in [5.41, 5.74) is 1.69. The van der Waals surface area contributed by atoms with Crippen LogP contribution in [0.1, 0.15) is 18.9 Å². The minimum Gasteiger partial charge on any atom is -0.380 e. The van der Waals surface area contributed by atoms with Gasteiger partial charge in [0.25, 0.3) is 0 Å². The monoisotopic (exact) mass is 276 g/mol. The molecule has 1 aliphatic rings. The molecule has 5 nitrogen and oxygen atoms in total. The maximum absolute atomic E-state index is 12.1. The number of likely N-dealkylation sites (tertiary alicyclic amines) is 1. The zero-order valence-electron chi connectivity index (χ0n) is 11.9. The van der Waals surface area contributed by atoms with Crippen molar-refractivity contribution in [3.8, 4) is 0 Å². The summed E-state index contributed by atoms with van der Waals surface area (Å²) in [6, 6.07) is 7.36. The molecule has 1 fully saturated rings. The highest BCUT2D eigenvalue weighted by atomic mass is 16.5. The van der Waals surface area contributed by atoms with Crippen molar-refractivity contribution in [2.45, 2.75) is 25.9 Å². The predicted molar refractivity (Wildman–Crippen MR) is 76.4 cm³/mol. The molecule has 0 spiro atoms. The number of amides is 2. The molecule has 0 saturated carbocycles. The fourth-order valence-electron chi connectivity index (χ4n) is 2.34. The quantitative estimate of drug-likeness (QED) is 0.905. The summed E-state index contributed by atoms with van der Waals surface area (Å²) < 4.78 is 5.26. The summed E-state index contributed by atoms with van der Waals surface area (Å²) in [5, 5.41) is 2.70. The molecule has 0 radical (unpaired) electrons. The summed E-state index contributed by atoms with van der Waals surface area (Å²) in [4.78, 5) is 24.9. The van der Waals surface area contributed by atoms with E-state index >= 15 is 0 Å². The van der Waals surface area contributed by atoms with Gasteiger partial charge in [0.05, 0.1) is 12.5 Å². The van der Waals surface area contributed by atoms with E-state index < -0.39 is 0 Å². The molecule has 0 bridgehead atoms. The van der Waals surface area contributed by atoms with E-state index in [9.17, 15) is 9.59 Å². The largest absolute Gasteiger partial charge is 0.380 e. The number of methoxy groups -OCH3 is 1. The second kappa shape index (κ2) is 6.52. The summed E-state index contributed by atoms with van der Waals surface area (Å²) >= 11 is 0. The van der Waals surface area contributed by atoms with E-state index in [2.05, 4.69) is 5.32 Å². The number of rotatable bonds is 4. The fourth-order valence-corrected chi connectivity index (χ4v) is 2.34. The van der Waals surface area contributed by atoms with Crippen LogP contribution in [0.15, 0.2) is 24.3 Å². The van der Waals surface area contributed by atoms with Crippen LogP contribution in [0, 0.1) is 0 Å². The minimum absolute atomic E-state index is 0.100. The summed E-state index contributed by atoms with van der Waals surface area (Å²) in [6.45, 7) is 2.91. The third-order valence-electron chi connectivity index (χ3n) is 3.46. The number of hydrogen-bond acceptors (Lipinski definition) is 3. The summed E-state index contributed by atoms with van der Waals surface area (Å²) in [6.07, 6.45) is 1.46. The number of benzene rings is 1. The van der Waals surface area contributed by atoms with Gasteiger partial charge in [-0.15, -0.1) is 0 Å². The standard InChI is InChI=1S/C15H20N2O3/c1-11(18)16-13-5-3-12(4-6-13)9-15(19)17-8-7-14(10-17)20-2/h3-6,14H,7-10H2,1-2H3,(H,16,18). The molecular weight excluding hydrogens is 256 g/mol. The lowest BCUT2D eigenvalue weighted by Crippen LogP contribution is -2.31. The number of ether oxygens (including phenoxy) is 1. The normalized spacial score (nSPS) is 18.1. The first-order valence-corrected chi connectivity index (χ1v) is 6.75. The summed E-state index contributed by atoms with van der Waals surface area (Å²) in [7, 11) is 1.68. The Bertz CT molecular complexity index is 484. The Morgan fingerprint density at radius 2 is 2.05 bits per heavy atom. The van der Waals surface area contributed by atoms with Gasteiger partial charge in [-0.2, -0.15) is 0 Å². The molecule has 108 valence electrons. The molecule has 1 aromatic rings. The van der Waals surface area contributed by atoms with Crippen LogP contribution in [0.4, 0.5) is 5.69 Å². The highest BCUT2D eigenvalue weighted by Crippen LogP contribution is 2.15. The molecular formula is C15H20N2O3. The van der Waals surface area contributed by atoms with Gasteiger partial charge in [0.15, 0.2) is 0 Å². The number of nitrogens with one attached hydrogen (secondary N) is 1. The molecule has 1 heterocycles. The van der Waals surface area contributed by atoms with Crippen molar-refractivity contribution in [1.82, 2.24) is 4.90 Å². The molecule has 1 aromatic carbocycles. The second-order valence-corrected chi connectivity index (χ2v) is 5.04. The van der Waals surface area contributed by atoms with Gasteiger partial charge < -0.3 is 15.0 Å². The van der Waals surface area contributed by atoms with Crippen molar-refractivity contribution in [1.29, 1.82) is 0 Å². The Balaban J connectivity index is 1.90. The van der Waals surface area contributed by atoms with Crippen molar-refractivity contribution in [2.75, 3.05) is 25.5 Å². The third-order valence-corrected chi connectivity index (χ3v) is 3.46. The fraction of sp³-hybridized carbons (Fsp3) is 0.467. The van der Waals surface area contributed by atoms with Gasteiger partial charge in [0.1, 0.15) is 0 Å². The lowest BCUT2D eigenvalue weighted by Gasteiger charge is -2.16. The van der Waals surface area contributed by atoms with Crippen LogP contribution in [0.25, 0.3) is 0 Å². The van der Waals surface area contributed by atoms with Gasteiger partial charge in [-0.1, -0.05) is 12.1 Å². The number of carbonyl (C=O) groups excluding carboxylic acids is 2. The van der Waals surface area contributed by atoms with E-state index in [4.69, 9.17) is 4.74 Å². The molecule has 20 heavy (non-hydrogen) atoms. The highest BCUT2D eigenvalue weighted by molar-refractivity contribution is 5.88. The first kappa shape index (κ1) is 14.5. The first-order valence-electron chi connectivity index (χ1n) is 6.75. The topological polar surface area (TPSA) is 58.6 Å². The molecule has 2 rings (SSSR count). The lowest BCUT2D eigenvalue weighted by atomic mass is 10.1. The van der Waals surface area contributed by atoms with Crippen LogP contribution in [-0.4, -0.2) is 43.0 Å². The SMILES string of the molecule is COC1CCN(C(=O)Cc2ccc(NC(C)=O)cc2)C1. The third kappa shape index (κ3) is 3.81. The molecule has 1 aliphatic heterocycles. The average Bonchev–Trinajstić information content (AvgIpc) is 2.89. The van der Waals surface area contributed by atoms with Crippen molar-refractivity contribution in [3.05, 3.63) is 29.8 Å². The van der Waals surface area contributed by atoms with Crippen LogP contribution >= 0.6 is 0 Å². The molecule has 1 N–H and O–H groups in total. The molecule has 2 amide bonds. The smallest absolute Gasteiger partial charge is 0.227 e. The molecule has 1 atom stereocenters. The van der Waals surface area contributed by atoms with Crippen LogP contribution in [0.5, 0.6) is 0 Å². The highest BCUT2D eigenvalue weighted by Gasteiger charge is 2.25. The number of carbonyl (C=O) groups is 2. The lowest BCUT2D eigenvalue weighted by molar-refractivity contribution is -0.129. The number of hydrogen-bond donors (Lipinski definition) is 1. The van der Waals surface area contributed by atoms with Crippen molar-refractivity contribution >= 4 is 17.5 Å². The number of anilines is 1. The minimum atomic E-state index is -0.100. The van der Waals surface area contributed by atoms with E-state index in [0.29, 0.717) is 13.0 Å². The Morgan fingerprint density at radius 3 is 2.60 bits per heavy atom. The summed E-state index contributed by atoms with van der Waals surface area (Å²) in [5.74, 6) is 0.0216. The maximum atomic E-state index is 12.1. The molecule has 0 aliphatic carbocycles. The zero-order chi connectivity index (χ0) is 14.5.